The molecule has 2 heterocycles. The van der Waals surface area contributed by atoms with Gasteiger partial charge >= 0.3 is 12.1 Å². The van der Waals surface area contributed by atoms with Crippen molar-refractivity contribution in [3.63, 3.8) is 0 Å². The largest absolute Gasteiger partial charge is 0.467 e. The summed E-state index contributed by atoms with van der Waals surface area (Å²) in [5.74, 6) is -4.78. The Kier molecular flexibility index (Phi) is 9.26. The Morgan fingerprint density at radius 3 is 2.29 bits per heavy atom. The molecule has 3 fully saturated rings. The minimum Gasteiger partial charge on any atom is -0.467 e. The van der Waals surface area contributed by atoms with E-state index in [1.54, 1.807) is 20.8 Å². The molecule has 216 valence electrons. The van der Waals surface area contributed by atoms with Crippen molar-refractivity contribution in [2.45, 2.75) is 102 Å². The maximum Gasteiger partial charge on any atom is 0.410 e. The molecule has 0 radical (unpaired) electrons. The number of nitrogens with zero attached hydrogens (tertiary/aromatic N) is 3. The number of alkyl halides is 2. The lowest BCUT2D eigenvalue weighted by molar-refractivity contribution is -0.159. The molecule has 4 atom stereocenters. The van der Waals surface area contributed by atoms with Crippen molar-refractivity contribution in [3.05, 3.63) is 0 Å². The first-order valence-corrected chi connectivity index (χ1v) is 13.4. The first kappa shape index (κ1) is 30.0. The first-order chi connectivity index (χ1) is 17.6. The van der Waals surface area contributed by atoms with Crippen LogP contribution in [0.25, 0.3) is 0 Å². The van der Waals surface area contributed by atoms with Crippen LogP contribution < -0.4 is 5.32 Å². The maximum atomic E-state index is 14.2. The van der Waals surface area contributed by atoms with Crippen LogP contribution in [0.3, 0.4) is 0 Å². The maximum absolute atomic E-state index is 14.2. The first-order valence-electron chi connectivity index (χ1n) is 13.4. The fraction of sp³-hybridized carbons (Fsp3) is 0.846. The standard InChI is InChI=1S/C26H42F2N4O6/c1-16(30(5)24(36)38-25(2,3)4)21(33)29-20(17-10-8-7-9-11-17)22(34)32-13-18-12-26(27,28)15-31(18)14-19(32)23(35)37-6/h16-20H,7-15H2,1-6H3,(H,29,33)/t16-,18+,19-,20-/m0/s1. The second-order valence-corrected chi connectivity index (χ2v) is 11.8. The molecule has 0 aromatic heterocycles. The van der Waals surface area contributed by atoms with Crippen LogP contribution in [0.4, 0.5) is 13.6 Å². The third-order valence-electron chi connectivity index (χ3n) is 7.76. The van der Waals surface area contributed by atoms with Crippen molar-refractivity contribution >= 4 is 23.9 Å². The van der Waals surface area contributed by atoms with Crippen LogP contribution in [0, 0.1) is 5.92 Å². The second kappa shape index (κ2) is 11.7. The van der Waals surface area contributed by atoms with Gasteiger partial charge in [-0.1, -0.05) is 19.3 Å². The molecule has 38 heavy (non-hydrogen) atoms. The number of likely N-dealkylation sites (N-methyl/N-ethyl adjacent to an activating group) is 1. The minimum absolute atomic E-state index is 0.0538. The predicted octanol–water partition coefficient (Wildman–Crippen LogP) is 2.40. The summed E-state index contributed by atoms with van der Waals surface area (Å²) in [6.45, 7) is 6.13. The number of nitrogens with one attached hydrogen (secondary N) is 1. The fourth-order valence-corrected chi connectivity index (χ4v) is 5.58. The van der Waals surface area contributed by atoms with Crippen molar-refractivity contribution < 1.29 is 37.4 Å². The summed E-state index contributed by atoms with van der Waals surface area (Å²) in [6.07, 6.45) is 3.13. The smallest absolute Gasteiger partial charge is 0.410 e. The minimum atomic E-state index is -2.90. The van der Waals surface area contributed by atoms with Gasteiger partial charge in [-0.15, -0.1) is 0 Å². The monoisotopic (exact) mass is 544 g/mol. The number of carbonyl (C=O) groups excluding carboxylic acids is 4. The molecule has 0 aromatic carbocycles. The van der Waals surface area contributed by atoms with Gasteiger partial charge in [0.25, 0.3) is 5.92 Å². The topological polar surface area (TPSA) is 108 Å². The lowest BCUT2D eigenvalue weighted by Gasteiger charge is -2.44. The van der Waals surface area contributed by atoms with E-state index in [2.05, 4.69) is 5.32 Å². The Balaban J connectivity index is 1.83. The Bertz CT molecular complexity index is 905. The number of amides is 3. The summed E-state index contributed by atoms with van der Waals surface area (Å²) < 4.78 is 38.6. The van der Waals surface area contributed by atoms with Gasteiger partial charge in [0, 0.05) is 32.6 Å². The third kappa shape index (κ3) is 7.12. The summed E-state index contributed by atoms with van der Waals surface area (Å²) in [6, 6.07) is -3.54. The zero-order valence-corrected chi connectivity index (χ0v) is 23.3. The number of ether oxygens (including phenoxy) is 2. The molecule has 2 aliphatic heterocycles. The number of hydrogen-bond donors (Lipinski definition) is 1. The Morgan fingerprint density at radius 1 is 1.08 bits per heavy atom. The summed E-state index contributed by atoms with van der Waals surface area (Å²) in [5.41, 5.74) is -0.746. The molecule has 3 rings (SSSR count). The normalized spacial score (nSPS) is 25.6. The number of methoxy groups -OCH3 is 1. The van der Waals surface area contributed by atoms with E-state index in [1.807, 2.05) is 0 Å². The average Bonchev–Trinajstić information content (AvgIpc) is 3.16. The Morgan fingerprint density at radius 2 is 1.71 bits per heavy atom. The molecule has 3 aliphatic rings. The molecule has 12 heteroatoms. The molecular formula is C26H42F2N4O6. The highest BCUT2D eigenvalue weighted by Crippen LogP contribution is 2.36. The van der Waals surface area contributed by atoms with Gasteiger partial charge in [-0.25, -0.2) is 18.4 Å². The van der Waals surface area contributed by atoms with E-state index in [-0.39, 0.29) is 19.0 Å². The fourth-order valence-electron chi connectivity index (χ4n) is 5.58. The molecule has 1 N–H and O–H groups in total. The SMILES string of the molecule is COC(=O)[C@@H]1CN2CC(F)(F)C[C@@H]2CN1C(=O)[C@@H](NC(=O)[C@H](C)N(C)C(=O)OC(C)(C)C)C1CCCCC1. The number of halogens is 2. The van der Waals surface area contributed by atoms with Crippen LogP contribution in [-0.2, 0) is 23.9 Å². The third-order valence-corrected chi connectivity index (χ3v) is 7.76. The number of piperazine rings is 1. The average molecular weight is 545 g/mol. The lowest BCUT2D eigenvalue weighted by atomic mass is 9.82. The Hall–Kier alpha value is -2.50. The summed E-state index contributed by atoms with van der Waals surface area (Å²) in [7, 11) is 2.65. The van der Waals surface area contributed by atoms with Crippen molar-refractivity contribution in [2.75, 3.05) is 33.8 Å². The van der Waals surface area contributed by atoms with Gasteiger partial charge in [0.1, 0.15) is 23.7 Å². The van der Waals surface area contributed by atoms with E-state index < -0.39 is 72.5 Å². The lowest BCUT2D eigenvalue weighted by Crippen LogP contribution is -2.65. The highest BCUT2D eigenvalue weighted by molar-refractivity contribution is 5.93. The van der Waals surface area contributed by atoms with Gasteiger partial charge in [0.05, 0.1) is 13.7 Å². The van der Waals surface area contributed by atoms with Crippen LogP contribution in [0.2, 0.25) is 0 Å². The van der Waals surface area contributed by atoms with Gasteiger partial charge in [-0.2, -0.15) is 0 Å². The number of esters is 1. The number of carbonyl (C=O) groups is 4. The predicted molar refractivity (Wildman–Crippen MR) is 134 cm³/mol. The number of fused-ring (bicyclic) bond motifs is 1. The van der Waals surface area contributed by atoms with Gasteiger partial charge in [-0.05, 0) is 46.5 Å². The van der Waals surface area contributed by atoms with Gasteiger partial charge < -0.3 is 19.7 Å². The quantitative estimate of drug-likeness (QED) is 0.512. The van der Waals surface area contributed by atoms with E-state index in [0.29, 0.717) is 12.8 Å². The highest BCUT2D eigenvalue weighted by Gasteiger charge is 2.52. The molecule has 1 saturated carbocycles. The zero-order chi connectivity index (χ0) is 28.4. The molecule has 0 aromatic rings. The van der Waals surface area contributed by atoms with E-state index in [0.717, 1.165) is 19.3 Å². The number of rotatable bonds is 6. The van der Waals surface area contributed by atoms with Crippen LogP contribution in [0.15, 0.2) is 0 Å². The second-order valence-electron chi connectivity index (χ2n) is 11.8. The van der Waals surface area contributed by atoms with Crippen LogP contribution in [0.1, 0.15) is 66.2 Å². The van der Waals surface area contributed by atoms with Crippen LogP contribution in [-0.4, -0.2) is 108 Å². The van der Waals surface area contributed by atoms with Crippen molar-refractivity contribution in [3.8, 4) is 0 Å². The van der Waals surface area contributed by atoms with E-state index in [4.69, 9.17) is 9.47 Å². The summed E-state index contributed by atoms with van der Waals surface area (Å²) in [5, 5.41) is 2.84. The van der Waals surface area contributed by atoms with Gasteiger partial charge in [0.2, 0.25) is 11.8 Å². The summed E-state index contributed by atoms with van der Waals surface area (Å²) >= 11 is 0. The molecule has 0 unspecified atom stereocenters. The van der Waals surface area contributed by atoms with Crippen molar-refractivity contribution in [1.82, 2.24) is 20.0 Å². The highest BCUT2D eigenvalue weighted by atomic mass is 19.3. The van der Waals surface area contributed by atoms with Crippen molar-refractivity contribution in [1.29, 1.82) is 0 Å². The Labute approximate surface area is 223 Å². The molecule has 2 saturated heterocycles. The molecule has 0 bridgehead atoms. The molecule has 1 aliphatic carbocycles. The van der Waals surface area contributed by atoms with E-state index >= 15 is 0 Å². The van der Waals surface area contributed by atoms with Crippen molar-refractivity contribution in [2.24, 2.45) is 5.92 Å². The molecule has 0 spiro atoms. The van der Waals surface area contributed by atoms with Gasteiger partial charge in [0.15, 0.2) is 0 Å². The number of hydrogen-bond acceptors (Lipinski definition) is 7. The van der Waals surface area contributed by atoms with Gasteiger partial charge in [-0.3, -0.25) is 19.4 Å². The zero-order valence-electron chi connectivity index (χ0n) is 23.3. The molecular weight excluding hydrogens is 502 g/mol. The van der Waals surface area contributed by atoms with E-state index in [1.165, 1.54) is 35.8 Å². The van der Waals surface area contributed by atoms with Crippen LogP contribution in [0.5, 0.6) is 0 Å². The van der Waals surface area contributed by atoms with Crippen LogP contribution >= 0.6 is 0 Å². The summed E-state index contributed by atoms with van der Waals surface area (Å²) in [4.78, 5) is 56.5. The molecule has 10 nitrogen and oxygen atoms in total. The molecule has 3 amide bonds. The van der Waals surface area contributed by atoms with E-state index in [9.17, 15) is 28.0 Å².